The van der Waals surface area contributed by atoms with E-state index in [2.05, 4.69) is 13.8 Å². The van der Waals surface area contributed by atoms with E-state index < -0.39 is 0 Å². The largest absolute Gasteiger partial charge is 0.396 e. The van der Waals surface area contributed by atoms with Crippen LogP contribution in [0.3, 0.4) is 0 Å². The van der Waals surface area contributed by atoms with Gasteiger partial charge in [0.1, 0.15) is 0 Å². The summed E-state index contributed by atoms with van der Waals surface area (Å²) in [5.74, 6) is 0.582. The molecule has 0 heterocycles. The summed E-state index contributed by atoms with van der Waals surface area (Å²) < 4.78 is 0. The van der Waals surface area contributed by atoms with Crippen molar-refractivity contribution < 1.29 is 5.11 Å². The van der Waals surface area contributed by atoms with Gasteiger partial charge in [-0.15, -0.1) is 0 Å². The first-order valence-corrected chi connectivity index (χ1v) is 5.96. The molecule has 1 nitrogen and oxygen atoms in total. The Kier molecular flexibility index (Phi) is 10.0. The van der Waals surface area contributed by atoms with Crippen LogP contribution in [-0.2, 0) is 0 Å². The summed E-state index contributed by atoms with van der Waals surface area (Å²) in [6.45, 7) is 4.85. The molecule has 0 aliphatic carbocycles. The minimum Gasteiger partial charge on any atom is -0.396 e. The summed E-state index contributed by atoms with van der Waals surface area (Å²) in [7, 11) is 0. The third-order valence-corrected chi connectivity index (χ3v) is 2.69. The lowest BCUT2D eigenvalue weighted by Gasteiger charge is -2.12. The van der Waals surface area contributed by atoms with E-state index in [1.165, 1.54) is 51.4 Å². The zero-order chi connectivity index (χ0) is 9.94. The van der Waals surface area contributed by atoms with Crippen molar-refractivity contribution in [3.8, 4) is 0 Å². The molecule has 0 rings (SSSR count). The molecule has 80 valence electrons. The van der Waals surface area contributed by atoms with E-state index in [4.69, 9.17) is 5.11 Å². The molecule has 0 radical (unpaired) electrons. The van der Waals surface area contributed by atoms with Gasteiger partial charge in [-0.25, -0.2) is 0 Å². The van der Waals surface area contributed by atoms with Crippen LogP contribution in [0, 0.1) is 5.92 Å². The predicted octanol–water partition coefficient (Wildman–Crippen LogP) is 3.76. The fourth-order valence-corrected chi connectivity index (χ4v) is 1.69. The Bertz CT molecular complexity index is 81.1. The van der Waals surface area contributed by atoms with Gasteiger partial charge in [-0.05, 0) is 18.8 Å². The van der Waals surface area contributed by atoms with E-state index >= 15 is 0 Å². The SMILES string of the molecule is CCCCCC(CO)CCCCC. The van der Waals surface area contributed by atoms with Crippen LogP contribution < -0.4 is 0 Å². The second-order valence-corrected chi connectivity index (χ2v) is 4.04. The number of rotatable bonds is 9. The van der Waals surface area contributed by atoms with Crippen LogP contribution in [-0.4, -0.2) is 11.7 Å². The number of aliphatic hydroxyl groups is 1. The third kappa shape index (κ3) is 8.29. The maximum atomic E-state index is 9.12. The Morgan fingerprint density at radius 1 is 0.846 bits per heavy atom. The van der Waals surface area contributed by atoms with E-state index in [-0.39, 0.29) is 0 Å². The standard InChI is InChI=1S/C12H26O/c1-3-5-7-9-12(11-13)10-8-6-4-2/h12-13H,3-11H2,1-2H3. The summed E-state index contributed by atoms with van der Waals surface area (Å²) in [4.78, 5) is 0. The quantitative estimate of drug-likeness (QED) is 0.544. The van der Waals surface area contributed by atoms with Crippen LogP contribution in [0.4, 0.5) is 0 Å². The molecule has 0 aromatic carbocycles. The minimum absolute atomic E-state index is 0.396. The summed E-state index contributed by atoms with van der Waals surface area (Å²) in [6.07, 6.45) is 10.3. The number of hydrogen-bond donors (Lipinski definition) is 1. The van der Waals surface area contributed by atoms with Crippen molar-refractivity contribution in [1.82, 2.24) is 0 Å². The van der Waals surface area contributed by atoms with Gasteiger partial charge in [0.15, 0.2) is 0 Å². The van der Waals surface area contributed by atoms with Crippen molar-refractivity contribution in [3.05, 3.63) is 0 Å². The van der Waals surface area contributed by atoms with Gasteiger partial charge in [0, 0.05) is 6.61 Å². The molecule has 0 aliphatic heterocycles. The Morgan fingerprint density at radius 2 is 1.31 bits per heavy atom. The van der Waals surface area contributed by atoms with Crippen LogP contribution in [0.15, 0.2) is 0 Å². The molecule has 0 aromatic rings. The second-order valence-electron chi connectivity index (χ2n) is 4.04. The Labute approximate surface area is 83.5 Å². The van der Waals surface area contributed by atoms with E-state index in [0.29, 0.717) is 12.5 Å². The highest BCUT2D eigenvalue weighted by atomic mass is 16.3. The molecule has 0 saturated carbocycles. The monoisotopic (exact) mass is 186 g/mol. The zero-order valence-corrected chi connectivity index (χ0v) is 9.39. The van der Waals surface area contributed by atoms with Gasteiger partial charge < -0.3 is 5.11 Å². The van der Waals surface area contributed by atoms with Crippen molar-refractivity contribution in [1.29, 1.82) is 0 Å². The van der Waals surface area contributed by atoms with Crippen LogP contribution in [0.2, 0.25) is 0 Å². The molecule has 0 spiro atoms. The number of unbranched alkanes of at least 4 members (excludes halogenated alkanes) is 4. The lowest BCUT2D eigenvalue weighted by atomic mass is 9.96. The molecule has 13 heavy (non-hydrogen) atoms. The van der Waals surface area contributed by atoms with Gasteiger partial charge in [0.25, 0.3) is 0 Å². The second kappa shape index (κ2) is 10.0. The Balaban J connectivity index is 3.28. The van der Waals surface area contributed by atoms with Crippen molar-refractivity contribution in [2.75, 3.05) is 6.61 Å². The maximum Gasteiger partial charge on any atom is 0.0459 e. The smallest absolute Gasteiger partial charge is 0.0459 e. The highest BCUT2D eigenvalue weighted by Gasteiger charge is 2.05. The fourth-order valence-electron chi connectivity index (χ4n) is 1.69. The minimum atomic E-state index is 0.396. The molecule has 0 atom stereocenters. The van der Waals surface area contributed by atoms with Crippen LogP contribution >= 0.6 is 0 Å². The van der Waals surface area contributed by atoms with Gasteiger partial charge in [0.2, 0.25) is 0 Å². The highest BCUT2D eigenvalue weighted by Crippen LogP contribution is 2.16. The maximum absolute atomic E-state index is 9.12. The van der Waals surface area contributed by atoms with E-state index in [0.717, 1.165) is 0 Å². The van der Waals surface area contributed by atoms with Crippen molar-refractivity contribution in [3.63, 3.8) is 0 Å². The van der Waals surface area contributed by atoms with E-state index in [9.17, 15) is 0 Å². The van der Waals surface area contributed by atoms with Gasteiger partial charge >= 0.3 is 0 Å². The van der Waals surface area contributed by atoms with Gasteiger partial charge in [0.05, 0.1) is 0 Å². The molecular weight excluding hydrogens is 160 g/mol. The van der Waals surface area contributed by atoms with Gasteiger partial charge in [-0.2, -0.15) is 0 Å². The molecule has 0 saturated heterocycles. The molecule has 1 heteroatoms. The molecule has 1 N–H and O–H groups in total. The molecule has 0 amide bonds. The molecular formula is C12H26O. The van der Waals surface area contributed by atoms with E-state index in [1.807, 2.05) is 0 Å². The van der Waals surface area contributed by atoms with Gasteiger partial charge in [-0.3, -0.25) is 0 Å². The average molecular weight is 186 g/mol. The zero-order valence-electron chi connectivity index (χ0n) is 9.39. The molecule has 0 aliphatic rings. The highest BCUT2D eigenvalue weighted by molar-refractivity contribution is 4.58. The normalized spacial score (nSPS) is 11.1. The lowest BCUT2D eigenvalue weighted by Crippen LogP contribution is -2.05. The summed E-state index contributed by atoms with van der Waals surface area (Å²) >= 11 is 0. The van der Waals surface area contributed by atoms with Crippen LogP contribution in [0.5, 0.6) is 0 Å². The first-order valence-electron chi connectivity index (χ1n) is 5.96. The van der Waals surface area contributed by atoms with Crippen molar-refractivity contribution >= 4 is 0 Å². The number of hydrogen-bond acceptors (Lipinski definition) is 1. The van der Waals surface area contributed by atoms with Crippen molar-refractivity contribution in [2.24, 2.45) is 5.92 Å². The lowest BCUT2D eigenvalue weighted by molar-refractivity contribution is 0.204. The Hall–Kier alpha value is -0.0400. The third-order valence-electron chi connectivity index (χ3n) is 2.69. The van der Waals surface area contributed by atoms with Crippen LogP contribution in [0.1, 0.15) is 65.2 Å². The van der Waals surface area contributed by atoms with E-state index in [1.54, 1.807) is 0 Å². The summed E-state index contributed by atoms with van der Waals surface area (Å²) in [5.41, 5.74) is 0. The molecule has 0 aromatic heterocycles. The first-order chi connectivity index (χ1) is 6.35. The fraction of sp³-hybridized carbons (Fsp3) is 1.00. The predicted molar refractivity (Wildman–Crippen MR) is 58.9 cm³/mol. The average Bonchev–Trinajstić information content (AvgIpc) is 2.16. The molecule has 0 fully saturated rings. The Morgan fingerprint density at radius 3 is 1.62 bits per heavy atom. The van der Waals surface area contributed by atoms with Gasteiger partial charge in [-0.1, -0.05) is 52.4 Å². The molecule has 0 unspecified atom stereocenters. The van der Waals surface area contributed by atoms with Crippen LogP contribution in [0.25, 0.3) is 0 Å². The topological polar surface area (TPSA) is 20.2 Å². The summed E-state index contributed by atoms with van der Waals surface area (Å²) in [5, 5.41) is 9.12. The summed E-state index contributed by atoms with van der Waals surface area (Å²) in [6, 6.07) is 0. The van der Waals surface area contributed by atoms with Crippen molar-refractivity contribution in [2.45, 2.75) is 65.2 Å². The first kappa shape index (κ1) is 13.0. The molecule has 0 bridgehead atoms. The number of aliphatic hydroxyl groups excluding tert-OH is 1.